The lowest BCUT2D eigenvalue weighted by Gasteiger charge is -2.30. The number of methoxy groups -OCH3 is 1. The van der Waals surface area contributed by atoms with Gasteiger partial charge in [0, 0.05) is 16.6 Å². The van der Waals surface area contributed by atoms with Gasteiger partial charge >= 0.3 is 0 Å². The second kappa shape index (κ2) is 6.13. The van der Waals surface area contributed by atoms with Gasteiger partial charge in [0.05, 0.1) is 25.3 Å². The van der Waals surface area contributed by atoms with Gasteiger partial charge in [-0.1, -0.05) is 0 Å². The average molecular weight is 301 g/mol. The van der Waals surface area contributed by atoms with Crippen molar-refractivity contribution in [3.05, 3.63) is 39.7 Å². The number of piperidine rings is 1. The summed E-state index contributed by atoms with van der Waals surface area (Å²) >= 11 is 0. The third-order valence-corrected chi connectivity index (χ3v) is 5.01. The Morgan fingerprint density at radius 1 is 1.36 bits per heavy atom. The number of hydrogen-bond donors (Lipinski definition) is 2. The van der Waals surface area contributed by atoms with E-state index >= 15 is 0 Å². The van der Waals surface area contributed by atoms with Gasteiger partial charge < -0.3 is 14.6 Å². The third kappa shape index (κ3) is 2.75. The second-order valence-corrected chi connectivity index (χ2v) is 6.45. The molecule has 0 bridgehead atoms. The van der Waals surface area contributed by atoms with Crippen LogP contribution in [0.3, 0.4) is 0 Å². The molecule has 1 aromatic heterocycles. The number of rotatable bonds is 3. The van der Waals surface area contributed by atoms with E-state index in [0.29, 0.717) is 6.04 Å². The Labute approximate surface area is 131 Å². The number of ether oxygens (including phenoxy) is 1. The van der Waals surface area contributed by atoms with Crippen LogP contribution in [0, 0.1) is 6.92 Å². The summed E-state index contributed by atoms with van der Waals surface area (Å²) in [5.41, 5.74) is 2.95. The molecule has 1 aromatic carbocycles. The van der Waals surface area contributed by atoms with E-state index in [1.54, 1.807) is 7.11 Å². The Morgan fingerprint density at radius 2 is 2.18 bits per heavy atom. The highest BCUT2D eigenvalue weighted by molar-refractivity contribution is 5.81. The largest absolute Gasteiger partial charge is 0.497 e. The van der Waals surface area contributed by atoms with Crippen molar-refractivity contribution in [3.8, 4) is 5.75 Å². The summed E-state index contributed by atoms with van der Waals surface area (Å²) in [4.78, 5) is 17.8. The lowest BCUT2D eigenvalue weighted by molar-refractivity contribution is -0.942. The second-order valence-electron chi connectivity index (χ2n) is 6.45. The summed E-state index contributed by atoms with van der Waals surface area (Å²) in [6, 6.07) is 6.28. The zero-order valence-electron chi connectivity index (χ0n) is 13.7. The number of pyridine rings is 1. The number of fused-ring (bicyclic) bond motifs is 1. The first-order valence-corrected chi connectivity index (χ1v) is 8.14. The molecule has 0 spiro atoms. The maximum atomic E-state index is 12.9. The number of aryl methyl sites for hydroxylation is 1. The van der Waals surface area contributed by atoms with E-state index in [0.717, 1.165) is 41.0 Å². The molecule has 0 saturated carbocycles. The Bertz CT molecular complexity index is 736. The molecule has 4 nitrogen and oxygen atoms in total. The Hall–Kier alpha value is -1.81. The van der Waals surface area contributed by atoms with Gasteiger partial charge in [-0.25, -0.2) is 0 Å². The number of H-pyrrole nitrogens is 1. The van der Waals surface area contributed by atoms with Crippen LogP contribution in [0.25, 0.3) is 10.9 Å². The Kier molecular flexibility index (Phi) is 4.21. The molecule has 1 saturated heterocycles. The van der Waals surface area contributed by atoms with E-state index in [9.17, 15) is 4.79 Å². The lowest BCUT2D eigenvalue weighted by atomic mass is 10.0. The third-order valence-electron chi connectivity index (χ3n) is 5.01. The fraction of sp³-hybridized carbons (Fsp3) is 0.500. The summed E-state index contributed by atoms with van der Waals surface area (Å²) in [6.45, 7) is 6.28. The van der Waals surface area contributed by atoms with Crippen LogP contribution in [0.4, 0.5) is 0 Å². The van der Waals surface area contributed by atoms with Gasteiger partial charge in [-0.05, 0) is 51.3 Å². The normalized spacial score (nSPS) is 22.0. The fourth-order valence-corrected chi connectivity index (χ4v) is 3.51. The molecule has 0 aliphatic carbocycles. The van der Waals surface area contributed by atoms with Crippen molar-refractivity contribution < 1.29 is 9.64 Å². The van der Waals surface area contributed by atoms with Crippen molar-refractivity contribution in [2.75, 3.05) is 13.7 Å². The van der Waals surface area contributed by atoms with E-state index < -0.39 is 0 Å². The molecule has 1 aliphatic heterocycles. The summed E-state index contributed by atoms with van der Waals surface area (Å²) in [5.74, 6) is 0.728. The van der Waals surface area contributed by atoms with Crippen LogP contribution in [0.15, 0.2) is 23.0 Å². The molecule has 3 rings (SSSR count). The SMILES string of the molecule is COc1ccc2[nH]c(C)c(C[NH+]3CCCC[C@@H]3C)c(=O)c2c1. The van der Waals surface area contributed by atoms with E-state index in [-0.39, 0.29) is 5.43 Å². The van der Waals surface area contributed by atoms with Crippen LogP contribution in [0.2, 0.25) is 0 Å². The maximum absolute atomic E-state index is 12.9. The minimum Gasteiger partial charge on any atom is -0.497 e. The smallest absolute Gasteiger partial charge is 0.198 e. The zero-order valence-corrected chi connectivity index (χ0v) is 13.7. The average Bonchev–Trinajstić information content (AvgIpc) is 2.53. The fourth-order valence-electron chi connectivity index (χ4n) is 3.51. The summed E-state index contributed by atoms with van der Waals surface area (Å²) < 4.78 is 5.26. The van der Waals surface area contributed by atoms with Crippen LogP contribution in [-0.4, -0.2) is 24.7 Å². The number of aromatic amines is 1. The Morgan fingerprint density at radius 3 is 2.91 bits per heavy atom. The predicted molar refractivity (Wildman–Crippen MR) is 88.7 cm³/mol. The molecular formula is C18H25N2O2+. The molecule has 1 aliphatic rings. The van der Waals surface area contributed by atoms with Crippen molar-refractivity contribution in [2.45, 2.75) is 45.7 Å². The number of aromatic nitrogens is 1. The zero-order chi connectivity index (χ0) is 15.7. The number of nitrogens with one attached hydrogen (secondary N) is 2. The highest BCUT2D eigenvalue weighted by atomic mass is 16.5. The number of likely N-dealkylation sites (tertiary alicyclic amines) is 1. The molecule has 1 unspecified atom stereocenters. The minimum atomic E-state index is 0.149. The van der Waals surface area contributed by atoms with E-state index in [2.05, 4.69) is 11.9 Å². The van der Waals surface area contributed by atoms with Gasteiger partial charge in [-0.2, -0.15) is 0 Å². The molecule has 2 N–H and O–H groups in total. The van der Waals surface area contributed by atoms with Gasteiger partial charge in [-0.15, -0.1) is 0 Å². The van der Waals surface area contributed by atoms with Gasteiger partial charge in [0.25, 0.3) is 0 Å². The maximum Gasteiger partial charge on any atom is 0.198 e. The molecule has 0 radical (unpaired) electrons. The summed E-state index contributed by atoms with van der Waals surface area (Å²) in [5, 5.41) is 0.726. The van der Waals surface area contributed by atoms with Crippen LogP contribution >= 0.6 is 0 Å². The summed E-state index contributed by atoms with van der Waals surface area (Å²) in [6.07, 6.45) is 3.83. The number of benzene rings is 1. The van der Waals surface area contributed by atoms with E-state index in [1.165, 1.54) is 24.2 Å². The van der Waals surface area contributed by atoms with Crippen molar-refractivity contribution in [1.29, 1.82) is 0 Å². The molecule has 1 fully saturated rings. The predicted octanol–water partition coefficient (Wildman–Crippen LogP) is 1.80. The molecule has 2 atom stereocenters. The first-order valence-electron chi connectivity index (χ1n) is 8.14. The standard InChI is InChI=1S/C18H24N2O2/c1-12-6-4-5-9-20(12)11-16-13(2)19-17-8-7-14(22-3)10-15(17)18(16)21/h7-8,10,12H,4-6,9,11H2,1-3H3,(H,19,21)/p+1/t12-/m0/s1. The molecule has 118 valence electrons. The lowest BCUT2D eigenvalue weighted by Crippen LogP contribution is -3.15. The topological polar surface area (TPSA) is 46.5 Å². The van der Waals surface area contributed by atoms with Crippen molar-refractivity contribution >= 4 is 10.9 Å². The van der Waals surface area contributed by atoms with Crippen LogP contribution < -0.4 is 15.1 Å². The molecule has 2 heterocycles. The molecule has 4 heteroatoms. The number of quaternary nitrogens is 1. The van der Waals surface area contributed by atoms with E-state index in [4.69, 9.17) is 4.74 Å². The van der Waals surface area contributed by atoms with Crippen molar-refractivity contribution in [1.82, 2.24) is 4.98 Å². The minimum absolute atomic E-state index is 0.149. The van der Waals surface area contributed by atoms with Gasteiger partial charge in [-0.3, -0.25) is 4.79 Å². The Balaban J connectivity index is 2.03. The quantitative estimate of drug-likeness (QED) is 0.908. The first-order chi connectivity index (χ1) is 10.6. The van der Waals surface area contributed by atoms with Crippen molar-refractivity contribution in [2.24, 2.45) is 0 Å². The van der Waals surface area contributed by atoms with Gasteiger partial charge in [0.1, 0.15) is 12.3 Å². The molecular weight excluding hydrogens is 276 g/mol. The van der Waals surface area contributed by atoms with Crippen LogP contribution in [0.5, 0.6) is 5.75 Å². The van der Waals surface area contributed by atoms with E-state index in [1.807, 2.05) is 25.1 Å². The van der Waals surface area contributed by atoms with Gasteiger partial charge in [0.15, 0.2) is 5.43 Å². The monoisotopic (exact) mass is 301 g/mol. The molecule has 0 amide bonds. The van der Waals surface area contributed by atoms with Crippen LogP contribution in [0.1, 0.15) is 37.4 Å². The first kappa shape index (κ1) is 15.1. The highest BCUT2D eigenvalue weighted by Crippen LogP contribution is 2.18. The molecule has 2 aromatic rings. The number of hydrogen-bond acceptors (Lipinski definition) is 2. The summed E-state index contributed by atoms with van der Waals surface area (Å²) in [7, 11) is 1.63. The molecule has 22 heavy (non-hydrogen) atoms. The van der Waals surface area contributed by atoms with Crippen molar-refractivity contribution in [3.63, 3.8) is 0 Å². The van der Waals surface area contributed by atoms with Crippen LogP contribution in [-0.2, 0) is 6.54 Å². The van der Waals surface area contributed by atoms with Gasteiger partial charge in [0.2, 0.25) is 0 Å². The highest BCUT2D eigenvalue weighted by Gasteiger charge is 2.24.